The number of nitrogens with zero attached hydrogens (tertiary/aromatic N) is 2. The van der Waals surface area contributed by atoms with Crippen LogP contribution in [0.2, 0.25) is 0 Å². The molecule has 5 rings (SSSR count). The minimum atomic E-state index is -3.05. The normalized spacial score (nSPS) is 16.5. The van der Waals surface area contributed by atoms with Gasteiger partial charge in [-0.3, -0.25) is 9.20 Å². The molecule has 1 saturated heterocycles. The molecule has 0 radical (unpaired) electrons. The van der Waals surface area contributed by atoms with Crippen LogP contribution in [0.4, 0.5) is 8.78 Å². The Bertz CT molecular complexity index is 1140. The Balaban J connectivity index is 1.57. The molecule has 2 aromatic heterocycles. The number of methoxy groups -OCH3 is 1. The van der Waals surface area contributed by atoms with E-state index in [1.54, 1.807) is 12.3 Å². The maximum Gasteiger partial charge on any atom is 0.387 e. The number of imidazole rings is 1. The molecule has 2 aliphatic rings. The summed E-state index contributed by atoms with van der Waals surface area (Å²) in [6, 6.07) is 7.15. The van der Waals surface area contributed by atoms with Crippen molar-refractivity contribution in [2.75, 3.05) is 20.3 Å². The van der Waals surface area contributed by atoms with Crippen molar-refractivity contribution >= 4 is 11.4 Å². The summed E-state index contributed by atoms with van der Waals surface area (Å²) in [4.78, 5) is 17.3. The van der Waals surface area contributed by atoms with Gasteiger partial charge in [0.1, 0.15) is 22.7 Å². The standard InChI is InChI=1S/C23H22F2N2O4/c1-29-19-7-15(8-20(31-23(24)25)22(19)18(28)6-13-2-3-13)17-10-26-21-9-14(4-5-27(17)21)16-11-30-12-16/h4-5,7-10,13,16,23H,2-3,6,11-12H2,1H3. The van der Waals surface area contributed by atoms with Crippen LogP contribution < -0.4 is 9.47 Å². The fourth-order valence-corrected chi connectivity index (χ4v) is 3.94. The van der Waals surface area contributed by atoms with Gasteiger partial charge < -0.3 is 14.2 Å². The lowest BCUT2D eigenvalue weighted by Crippen LogP contribution is -2.25. The van der Waals surface area contributed by atoms with Gasteiger partial charge in [-0.25, -0.2) is 4.98 Å². The van der Waals surface area contributed by atoms with Crippen molar-refractivity contribution in [2.24, 2.45) is 5.92 Å². The Kier molecular flexibility index (Phi) is 5.09. The number of alkyl halides is 2. The number of pyridine rings is 1. The molecule has 3 aromatic rings. The van der Waals surface area contributed by atoms with E-state index in [1.807, 2.05) is 22.7 Å². The summed E-state index contributed by atoms with van der Waals surface area (Å²) in [6.45, 7) is -1.65. The van der Waals surface area contributed by atoms with E-state index in [-0.39, 0.29) is 22.8 Å². The average molecular weight is 428 g/mol. The van der Waals surface area contributed by atoms with Gasteiger partial charge >= 0.3 is 6.61 Å². The maximum atomic E-state index is 13.2. The fourth-order valence-electron chi connectivity index (χ4n) is 3.94. The quantitative estimate of drug-likeness (QED) is 0.487. The van der Waals surface area contributed by atoms with E-state index in [2.05, 4.69) is 4.98 Å². The molecule has 0 bridgehead atoms. The predicted molar refractivity (Wildman–Crippen MR) is 109 cm³/mol. The molecule has 0 N–H and O–H groups in total. The van der Waals surface area contributed by atoms with Gasteiger partial charge in [0, 0.05) is 24.1 Å². The molecule has 0 amide bonds. The monoisotopic (exact) mass is 428 g/mol. The molecule has 1 aromatic carbocycles. The van der Waals surface area contributed by atoms with Gasteiger partial charge in [-0.15, -0.1) is 0 Å². The summed E-state index contributed by atoms with van der Waals surface area (Å²) < 4.78 is 43.6. The predicted octanol–water partition coefficient (Wildman–Crippen LogP) is 4.71. The summed E-state index contributed by atoms with van der Waals surface area (Å²) in [5.41, 5.74) is 3.21. The van der Waals surface area contributed by atoms with Crippen molar-refractivity contribution in [3.63, 3.8) is 0 Å². The van der Waals surface area contributed by atoms with Gasteiger partial charge in [0.25, 0.3) is 0 Å². The highest BCUT2D eigenvalue weighted by Gasteiger charge is 2.30. The summed E-state index contributed by atoms with van der Waals surface area (Å²) in [7, 11) is 1.42. The number of hydrogen-bond donors (Lipinski definition) is 0. The Morgan fingerprint density at radius 1 is 1.26 bits per heavy atom. The van der Waals surface area contributed by atoms with Gasteiger partial charge in [0.2, 0.25) is 0 Å². The van der Waals surface area contributed by atoms with Gasteiger partial charge in [-0.2, -0.15) is 8.78 Å². The van der Waals surface area contributed by atoms with E-state index < -0.39 is 6.61 Å². The third-order valence-corrected chi connectivity index (χ3v) is 5.89. The highest BCUT2D eigenvalue weighted by Crippen LogP contribution is 2.40. The molecule has 3 heterocycles. The first-order chi connectivity index (χ1) is 15.0. The summed E-state index contributed by atoms with van der Waals surface area (Å²) in [5.74, 6) is 0.482. The first-order valence-electron chi connectivity index (χ1n) is 10.3. The van der Waals surface area contributed by atoms with Crippen molar-refractivity contribution < 1.29 is 27.8 Å². The van der Waals surface area contributed by atoms with Crippen molar-refractivity contribution in [1.82, 2.24) is 9.38 Å². The highest BCUT2D eigenvalue weighted by molar-refractivity contribution is 6.02. The van der Waals surface area contributed by atoms with E-state index in [1.165, 1.54) is 13.2 Å². The lowest BCUT2D eigenvalue weighted by atomic mass is 9.99. The van der Waals surface area contributed by atoms with Crippen molar-refractivity contribution in [2.45, 2.75) is 31.8 Å². The second kappa shape index (κ2) is 7.92. The third kappa shape index (κ3) is 3.87. The molecule has 1 saturated carbocycles. The Labute approximate surface area is 177 Å². The summed E-state index contributed by atoms with van der Waals surface area (Å²) in [6.07, 6.45) is 5.83. The number of fused-ring (bicyclic) bond motifs is 1. The van der Waals surface area contributed by atoms with E-state index in [0.29, 0.717) is 42.7 Å². The number of halogens is 2. The van der Waals surface area contributed by atoms with E-state index >= 15 is 0 Å². The minimum Gasteiger partial charge on any atom is -0.496 e. The summed E-state index contributed by atoms with van der Waals surface area (Å²) in [5, 5.41) is 0. The van der Waals surface area contributed by atoms with Crippen LogP contribution >= 0.6 is 0 Å². The third-order valence-electron chi connectivity index (χ3n) is 5.89. The Morgan fingerprint density at radius 3 is 2.68 bits per heavy atom. The first-order valence-corrected chi connectivity index (χ1v) is 10.3. The zero-order valence-electron chi connectivity index (χ0n) is 17.0. The first kappa shape index (κ1) is 19.9. The number of carbonyl (C=O) groups excluding carboxylic acids is 1. The van der Waals surface area contributed by atoms with Gasteiger partial charge in [0.05, 0.1) is 32.2 Å². The van der Waals surface area contributed by atoms with Crippen molar-refractivity contribution in [1.29, 1.82) is 0 Å². The molecule has 6 nitrogen and oxygen atoms in total. The van der Waals surface area contributed by atoms with Gasteiger partial charge in [0.15, 0.2) is 5.78 Å². The molecule has 162 valence electrons. The summed E-state index contributed by atoms with van der Waals surface area (Å²) >= 11 is 0. The average Bonchev–Trinajstić information content (AvgIpc) is 3.41. The topological polar surface area (TPSA) is 62.1 Å². The number of Topliss-reactive ketones (excluding diaryl/α,β-unsaturated/α-hetero) is 1. The number of rotatable bonds is 8. The number of hydrogen-bond acceptors (Lipinski definition) is 5. The molecule has 8 heteroatoms. The van der Waals surface area contributed by atoms with Crippen LogP contribution in [-0.2, 0) is 4.74 Å². The van der Waals surface area contributed by atoms with Crippen LogP contribution in [0.3, 0.4) is 0 Å². The lowest BCUT2D eigenvalue weighted by molar-refractivity contribution is -0.0502. The number of benzene rings is 1. The smallest absolute Gasteiger partial charge is 0.387 e. The molecule has 0 unspecified atom stereocenters. The van der Waals surface area contributed by atoms with Crippen molar-refractivity contribution in [3.8, 4) is 22.8 Å². The molecular formula is C23H22F2N2O4. The van der Waals surface area contributed by atoms with Crippen LogP contribution in [-0.4, -0.2) is 42.1 Å². The molecule has 31 heavy (non-hydrogen) atoms. The lowest BCUT2D eigenvalue weighted by Gasteiger charge is -2.26. The number of ether oxygens (including phenoxy) is 3. The number of carbonyl (C=O) groups is 1. The van der Waals surface area contributed by atoms with Crippen LogP contribution in [0.15, 0.2) is 36.7 Å². The molecule has 0 atom stereocenters. The second-order valence-corrected chi connectivity index (χ2v) is 8.07. The van der Waals surface area contributed by atoms with Gasteiger partial charge in [-0.05, 0) is 48.6 Å². The van der Waals surface area contributed by atoms with Crippen LogP contribution in [0.1, 0.15) is 41.1 Å². The van der Waals surface area contributed by atoms with E-state index in [0.717, 1.165) is 24.1 Å². The second-order valence-electron chi connectivity index (χ2n) is 8.07. The highest BCUT2D eigenvalue weighted by atomic mass is 19.3. The fraction of sp³-hybridized carbons (Fsp3) is 0.391. The van der Waals surface area contributed by atoms with Crippen LogP contribution in [0.25, 0.3) is 16.9 Å². The molecule has 1 aliphatic carbocycles. The molecule has 1 aliphatic heterocycles. The Morgan fingerprint density at radius 2 is 2.03 bits per heavy atom. The van der Waals surface area contributed by atoms with Crippen LogP contribution in [0.5, 0.6) is 11.5 Å². The number of ketones is 1. The maximum absolute atomic E-state index is 13.2. The SMILES string of the molecule is COc1cc(-c2cnc3cc(C4COC4)ccn23)cc(OC(F)F)c1C(=O)CC1CC1. The Hall–Kier alpha value is -3.00. The minimum absolute atomic E-state index is 0.0690. The zero-order chi connectivity index (χ0) is 21.5. The largest absolute Gasteiger partial charge is 0.496 e. The zero-order valence-corrected chi connectivity index (χ0v) is 17.0. The number of aromatic nitrogens is 2. The molecule has 0 spiro atoms. The van der Waals surface area contributed by atoms with E-state index in [4.69, 9.17) is 14.2 Å². The van der Waals surface area contributed by atoms with Crippen LogP contribution in [0, 0.1) is 5.92 Å². The van der Waals surface area contributed by atoms with Crippen molar-refractivity contribution in [3.05, 3.63) is 47.8 Å². The van der Waals surface area contributed by atoms with E-state index in [9.17, 15) is 13.6 Å². The molecular weight excluding hydrogens is 406 g/mol. The van der Waals surface area contributed by atoms with Gasteiger partial charge in [-0.1, -0.05) is 0 Å². The molecule has 2 fully saturated rings.